The zero-order valence-corrected chi connectivity index (χ0v) is 35.6. The van der Waals surface area contributed by atoms with E-state index in [4.69, 9.17) is 14.7 Å². The third-order valence-corrected chi connectivity index (χ3v) is 12.9. The molecule has 0 bridgehead atoms. The molecule has 0 spiro atoms. The van der Waals surface area contributed by atoms with Gasteiger partial charge in [0.05, 0.1) is 42.1 Å². The maximum Gasteiger partial charge on any atom is 0.407 e. The average Bonchev–Trinajstić information content (AvgIpc) is 4.11. The first kappa shape index (κ1) is 40.2. The number of aryl methyl sites for hydroxylation is 2. The third-order valence-electron chi connectivity index (χ3n) is 12.9. The lowest BCUT2D eigenvalue weighted by Gasteiger charge is -2.31. The number of H-pyrrole nitrogens is 2. The molecule has 3 amide bonds. The Morgan fingerprint density at radius 1 is 0.770 bits per heavy atom. The summed E-state index contributed by atoms with van der Waals surface area (Å²) in [6.07, 6.45) is 6.60. The van der Waals surface area contributed by atoms with Gasteiger partial charge in [-0.05, 0) is 121 Å². The number of aromatic nitrogens is 4. The number of ether oxygens (including phenoxy) is 1. The summed E-state index contributed by atoms with van der Waals surface area (Å²) >= 11 is 0. The predicted molar refractivity (Wildman–Crippen MR) is 236 cm³/mol. The fourth-order valence-corrected chi connectivity index (χ4v) is 9.72. The maximum absolute atomic E-state index is 14.1. The molecular weight excluding hydrogens is 765 g/mol. The number of likely N-dealkylation sites (N-methyl/N-ethyl adjacent to an activating group) is 1. The van der Waals surface area contributed by atoms with Gasteiger partial charge in [0.2, 0.25) is 11.8 Å². The van der Waals surface area contributed by atoms with Crippen LogP contribution in [0.5, 0.6) is 0 Å². The van der Waals surface area contributed by atoms with Gasteiger partial charge in [-0.3, -0.25) is 14.5 Å². The number of likely N-dealkylation sites (tertiary alicyclic amines) is 2. The molecule has 1 aliphatic carbocycles. The van der Waals surface area contributed by atoms with Crippen LogP contribution < -0.4 is 5.32 Å². The van der Waals surface area contributed by atoms with Crippen molar-refractivity contribution in [3.05, 3.63) is 119 Å². The van der Waals surface area contributed by atoms with Crippen molar-refractivity contribution in [2.24, 2.45) is 5.92 Å². The smallest absolute Gasteiger partial charge is 0.407 e. The number of rotatable bonds is 10. The molecule has 6 aromatic rings. The Kier molecular flexibility index (Phi) is 11.0. The Hall–Kier alpha value is -6.27. The summed E-state index contributed by atoms with van der Waals surface area (Å²) in [6, 6.07) is 28.5. The SMILES string of the molecule is COC(=O)NC(C(=O)N1CCCC1c1ncc(-c2ccc3c(c2)CCc2cc(-c4ccc5nc(C6CCCN6C(=O)C(c6ccccc6)N(C)C)[nH]c5c4)ccc2-3)[nH]1)C(C)C. The van der Waals surface area contributed by atoms with Crippen molar-refractivity contribution in [1.82, 2.24) is 40.0 Å². The molecule has 12 nitrogen and oxygen atoms in total. The number of imidazole rings is 2. The summed E-state index contributed by atoms with van der Waals surface area (Å²) < 4.78 is 4.79. The Bertz CT molecular complexity index is 2600. The number of benzene rings is 4. The van der Waals surface area contributed by atoms with E-state index in [1.807, 2.05) is 79.2 Å². The van der Waals surface area contributed by atoms with E-state index in [1.54, 1.807) is 0 Å². The van der Waals surface area contributed by atoms with Gasteiger partial charge in [0.1, 0.15) is 23.7 Å². The molecule has 4 heterocycles. The molecule has 2 fully saturated rings. The van der Waals surface area contributed by atoms with Crippen molar-refractivity contribution in [3.63, 3.8) is 0 Å². The summed E-state index contributed by atoms with van der Waals surface area (Å²) in [4.78, 5) is 62.5. The monoisotopic (exact) mass is 818 g/mol. The van der Waals surface area contributed by atoms with E-state index in [2.05, 4.69) is 69.9 Å². The second-order valence-corrected chi connectivity index (χ2v) is 17.3. The van der Waals surface area contributed by atoms with Gasteiger partial charge in [0, 0.05) is 13.1 Å². The molecule has 3 aliphatic rings. The predicted octanol–water partition coefficient (Wildman–Crippen LogP) is 8.40. The van der Waals surface area contributed by atoms with Crippen LogP contribution >= 0.6 is 0 Å². The van der Waals surface area contributed by atoms with E-state index in [1.165, 1.54) is 29.4 Å². The number of alkyl carbamates (subject to hydrolysis) is 1. The highest BCUT2D eigenvalue weighted by Crippen LogP contribution is 2.40. The highest BCUT2D eigenvalue weighted by Gasteiger charge is 2.39. The molecule has 0 saturated carbocycles. The summed E-state index contributed by atoms with van der Waals surface area (Å²) in [7, 11) is 5.23. The first-order valence-corrected chi connectivity index (χ1v) is 21.6. The number of nitrogens with zero attached hydrogens (tertiary/aromatic N) is 5. The lowest BCUT2D eigenvalue weighted by atomic mass is 9.83. The van der Waals surface area contributed by atoms with Crippen LogP contribution in [0.15, 0.2) is 91.1 Å². The van der Waals surface area contributed by atoms with E-state index in [0.29, 0.717) is 13.1 Å². The average molecular weight is 819 g/mol. The van der Waals surface area contributed by atoms with Crippen molar-refractivity contribution in [3.8, 4) is 33.5 Å². The molecule has 2 aromatic heterocycles. The van der Waals surface area contributed by atoms with Gasteiger partial charge >= 0.3 is 6.09 Å². The minimum Gasteiger partial charge on any atom is -0.453 e. The van der Waals surface area contributed by atoms with E-state index >= 15 is 0 Å². The number of fused-ring (bicyclic) bond motifs is 4. The molecule has 314 valence electrons. The molecule has 4 unspecified atom stereocenters. The van der Waals surface area contributed by atoms with Crippen molar-refractivity contribution in [2.75, 3.05) is 34.3 Å². The molecule has 4 aromatic carbocycles. The van der Waals surface area contributed by atoms with Gasteiger partial charge in [-0.25, -0.2) is 14.8 Å². The van der Waals surface area contributed by atoms with Crippen LogP contribution in [-0.4, -0.2) is 92.9 Å². The fraction of sp³-hybridized carbons (Fsp3) is 0.367. The second kappa shape index (κ2) is 16.6. The standard InChI is InChI=1S/C49H54N8O4/c1-29(2)43(54-49(60)61-5)47(58)56-23-9-13-41(56)45-50-28-40(53-45)35-18-21-37-34(26-35)16-15-33-25-31(17-20-36(33)37)32-19-22-38-39(27-32)52-46(51-38)42-14-10-24-57(42)48(59)44(55(3)4)30-11-7-6-8-12-30/h6-8,11-12,17-22,25-29,41-44H,9-10,13-16,23-24H2,1-5H3,(H,50,53)(H,51,52)(H,54,60). The van der Waals surface area contributed by atoms with Crippen LogP contribution in [0.1, 0.15) is 86.0 Å². The van der Waals surface area contributed by atoms with Gasteiger partial charge in [-0.1, -0.05) is 80.6 Å². The molecule has 2 aliphatic heterocycles. The van der Waals surface area contributed by atoms with Gasteiger partial charge in [-0.15, -0.1) is 0 Å². The van der Waals surface area contributed by atoms with Crippen molar-refractivity contribution in [1.29, 1.82) is 0 Å². The summed E-state index contributed by atoms with van der Waals surface area (Å²) in [5.41, 5.74) is 12.3. The highest BCUT2D eigenvalue weighted by molar-refractivity contribution is 5.87. The number of hydrogen-bond acceptors (Lipinski definition) is 7. The molecule has 4 atom stereocenters. The molecule has 9 rings (SSSR count). The normalized spacial score (nSPS) is 18.3. The molecule has 2 saturated heterocycles. The Labute approximate surface area is 356 Å². The zero-order chi connectivity index (χ0) is 42.4. The number of amides is 3. The summed E-state index contributed by atoms with van der Waals surface area (Å²) in [5.74, 6) is 1.50. The number of nitrogens with one attached hydrogen (secondary N) is 3. The zero-order valence-electron chi connectivity index (χ0n) is 35.6. The topological polar surface area (TPSA) is 140 Å². The van der Waals surface area contributed by atoms with Gasteiger partial charge in [0.25, 0.3) is 0 Å². The number of aromatic amines is 2. The Morgan fingerprint density at radius 2 is 1.39 bits per heavy atom. The van der Waals surface area contributed by atoms with Gasteiger partial charge in [0.15, 0.2) is 0 Å². The number of hydrogen-bond donors (Lipinski definition) is 3. The van der Waals surface area contributed by atoms with Crippen LogP contribution in [-0.2, 0) is 27.2 Å². The number of carbonyl (C=O) groups excluding carboxylic acids is 3. The molecular formula is C49H54N8O4. The molecule has 61 heavy (non-hydrogen) atoms. The third kappa shape index (κ3) is 7.69. The van der Waals surface area contributed by atoms with Gasteiger partial charge < -0.3 is 29.8 Å². The second-order valence-electron chi connectivity index (χ2n) is 17.3. The fourth-order valence-electron chi connectivity index (χ4n) is 9.72. The van der Waals surface area contributed by atoms with Crippen LogP contribution in [0.3, 0.4) is 0 Å². The van der Waals surface area contributed by atoms with E-state index in [-0.39, 0.29) is 35.9 Å². The Balaban J connectivity index is 0.910. The lowest BCUT2D eigenvalue weighted by Crippen LogP contribution is -2.51. The number of methoxy groups -OCH3 is 1. The van der Waals surface area contributed by atoms with Crippen molar-refractivity contribution < 1.29 is 19.1 Å². The highest BCUT2D eigenvalue weighted by atomic mass is 16.5. The van der Waals surface area contributed by atoms with Crippen molar-refractivity contribution >= 4 is 28.9 Å². The minimum atomic E-state index is -0.676. The van der Waals surface area contributed by atoms with Gasteiger partial charge in [-0.2, -0.15) is 0 Å². The first-order valence-electron chi connectivity index (χ1n) is 21.6. The molecule has 12 heteroatoms. The largest absolute Gasteiger partial charge is 0.453 e. The van der Waals surface area contributed by atoms with E-state index < -0.39 is 12.1 Å². The first-order chi connectivity index (χ1) is 29.6. The van der Waals surface area contributed by atoms with Crippen LogP contribution in [0, 0.1) is 5.92 Å². The van der Waals surface area contributed by atoms with Crippen LogP contribution in [0.4, 0.5) is 4.79 Å². The summed E-state index contributed by atoms with van der Waals surface area (Å²) in [5, 5.41) is 2.72. The molecule has 3 N–H and O–H groups in total. The van der Waals surface area contributed by atoms with Crippen LogP contribution in [0.2, 0.25) is 0 Å². The quantitative estimate of drug-likeness (QED) is 0.126. The lowest BCUT2D eigenvalue weighted by molar-refractivity contribution is -0.137. The van der Waals surface area contributed by atoms with E-state index in [9.17, 15) is 14.4 Å². The Morgan fingerprint density at radius 3 is 2.07 bits per heavy atom. The van der Waals surface area contributed by atoms with Crippen LogP contribution in [0.25, 0.3) is 44.5 Å². The van der Waals surface area contributed by atoms with E-state index in [0.717, 1.165) is 89.2 Å². The maximum atomic E-state index is 14.1. The number of carbonyl (C=O) groups is 3. The summed E-state index contributed by atoms with van der Waals surface area (Å²) in [6.45, 7) is 5.17. The van der Waals surface area contributed by atoms with Crippen molar-refractivity contribution in [2.45, 2.75) is 76.5 Å². The minimum absolute atomic E-state index is 0.0940. The molecule has 0 radical (unpaired) electrons.